The third-order valence-electron chi connectivity index (χ3n) is 7.19. The summed E-state index contributed by atoms with van der Waals surface area (Å²) in [6, 6.07) is 10.1. The molecule has 2 bridgehead atoms. The van der Waals surface area contributed by atoms with E-state index in [4.69, 9.17) is 4.74 Å². The molecular weight excluding hydrogens is 447 g/mol. The number of ether oxygens (including phenoxy) is 1. The van der Waals surface area contributed by atoms with Crippen molar-refractivity contribution < 1.29 is 19.0 Å². The van der Waals surface area contributed by atoms with Gasteiger partial charge in [0.05, 0.1) is 5.57 Å². The normalized spacial score (nSPS) is 27.5. The van der Waals surface area contributed by atoms with E-state index in [9.17, 15) is 14.3 Å². The number of aliphatic hydroxyl groups is 1. The van der Waals surface area contributed by atoms with E-state index in [0.717, 1.165) is 43.2 Å². The van der Waals surface area contributed by atoms with E-state index in [1.54, 1.807) is 24.3 Å². The number of benzene rings is 2. The highest BCUT2D eigenvalue weighted by molar-refractivity contribution is 9.10. The van der Waals surface area contributed by atoms with Crippen LogP contribution in [0.3, 0.4) is 0 Å². The van der Waals surface area contributed by atoms with Crippen LogP contribution in [0.4, 0.5) is 4.39 Å². The zero-order valence-corrected chi connectivity index (χ0v) is 18.4. The van der Waals surface area contributed by atoms with E-state index >= 15 is 0 Å². The molecule has 0 amide bonds. The predicted molar refractivity (Wildman–Crippen MR) is 117 cm³/mol. The smallest absolute Gasteiger partial charge is 0.170 e. The first-order chi connectivity index (χ1) is 14.5. The van der Waals surface area contributed by atoms with Gasteiger partial charge in [-0.15, -0.1) is 0 Å². The number of fused-ring (bicyclic) bond motifs is 2. The lowest BCUT2D eigenvalue weighted by Gasteiger charge is -2.44. The number of carbonyl (C=O) groups excluding carboxylic acids is 1. The van der Waals surface area contributed by atoms with Crippen LogP contribution >= 0.6 is 15.9 Å². The second-order valence-electron chi connectivity index (χ2n) is 8.70. The molecule has 30 heavy (non-hydrogen) atoms. The van der Waals surface area contributed by atoms with Crippen LogP contribution in [0, 0.1) is 29.5 Å². The van der Waals surface area contributed by atoms with Gasteiger partial charge in [-0.3, -0.25) is 4.79 Å². The topological polar surface area (TPSA) is 46.5 Å². The highest BCUT2D eigenvalue weighted by Crippen LogP contribution is 2.57. The predicted octanol–water partition coefficient (Wildman–Crippen LogP) is 6.85. The number of rotatable bonds is 4. The molecule has 2 atom stereocenters. The number of allylic oxidation sites excluding steroid dienone is 2. The molecule has 5 heteroatoms. The minimum atomic E-state index is -0.466. The van der Waals surface area contributed by atoms with Gasteiger partial charge in [0.15, 0.2) is 17.3 Å². The Morgan fingerprint density at radius 1 is 1.07 bits per heavy atom. The van der Waals surface area contributed by atoms with Gasteiger partial charge in [-0.1, -0.05) is 28.9 Å². The Balaban J connectivity index is 1.55. The Labute approximate surface area is 184 Å². The van der Waals surface area contributed by atoms with Crippen molar-refractivity contribution in [1.82, 2.24) is 0 Å². The Morgan fingerprint density at radius 2 is 1.77 bits per heavy atom. The van der Waals surface area contributed by atoms with Crippen molar-refractivity contribution in [3.63, 3.8) is 0 Å². The van der Waals surface area contributed by atoms with Crippen LogP contribution in [0.1, 0.15) is 43.7 Å². The molecule has 3 saturated carbocycles. The van der Waals surface area contributed by atoms with Gasteiger partial charge in [0, 0.05) is 16.3 Å². The van der Waals surface area contributed by atoms with Gasteiger partial charge in [-0.25, -0.2) is 4.39 Å². The van der Waals surface area contributed by atoms with Gasteiger partial charge >= 0.3 is 0 Å². The van der Waals surface area contributed by atoms with Crippen LogP contribution in [0.2, 0.25) is 0 Å². The standard InChI is InChI=1S/C25H24BrFO3/c1-2-13-7-9-17(30-20-10-8-16(26)11-19(20)27)12-18(13)23-24(28)21-14-3-4-15(6-5-14)22(21)25(23)29/h7-12,14-15,21-22,28H,2-6H2,1H3. The Bertz CT molecular complexity index is 1050. The lowest BCUT2D eigenvalue weighted by atomic mass is 9.59. The molecule has 2 aromatic rings. The number of hydrogen-bond acceptors (Lipinski definition) is 3. The molecule has 4 aliphatic rings. The summed E-state index contributed by atoms with van der Waals surface area (Å²) in [4.78, 5) is 13.4. The van der Waals surface area contributed by atoms with E-state index in [0.29, 0.717) is 27.6 Å². The first-order valence-corrected chi connectivity index (χ1v) is 11.5. The Kier molecular flexibility index (Phi) is 4.97. The Hall–Kier alpha value is -2.14. The summed E-state index contributed by atoms with van der Waals surface area (Å²) in [6.45, 7) is 2.03. The van der Waals surface area contributed by atoms with Crippen molar-refractivity contribution >= 4 is 27.3 Å². The molecule has 2 unspecified atom stereocenters. The number of halogens is 2. The molecule has 0 radical (unpaired) electrons. The van der Waals surface area contributed by atoms with Crippen LogP contribution in [-0.4, -0.2) is 10.9 Å². The zero-order valence-electron chi connectivity index (χ0n) is 16.8. The fourth-order valence-corrected chi connectivity index (χ4v) is 6.13. The number of ketones is 1. The molecule has 6 rings (SSSR count). The summed E-state index contributed by atoms with van der Waals surface area (Å²) in [5, 5.41) is 11.2. The van der Waals surface area contributed by atoms with Crippen molar-refractivity contribution in [2.45, 2.75) is 39.0 Å². The van der Waals surface area contributed by atoms with E-state index in [-0.39, 0.29) is 29.1 Å². The SMILES string of the molecule is CCc1ccc(Oc2ccc(Br)cc2F)cc1C1=C(O)C2C3CCC(CC3)C2C1=O. The lowest BCUT2D eigenvalue weighted by molar-refractivity contribution is -0.123. The van der Waals surface area contributed by atoms with Crippen LogP contribution < -0.4 is 4.74 Å². The van der Waals surface area contributed by atoms with Crippen LogP contribution in [0.5, 0.6) is 11.5 Å². The lowest BCUT2D eigenvalue weighted by Crippen LogP contribution is -2.41. The largest absolute Gasteiger partial charge is 0.511 e. The van der Waals surface area contributed by atoms with Gasteiger partial charge in [-0.2, -0.15) is 0 Å². The Morgan fingerprint density at radius 3 is 2.40 bits per heavy atom. The van der Waals surface area contributed by atoms with Gasteiger partial charge in [0.25, 0.3) is 0 Å². The minimum Gasteiger partial charge on any atom is -0.511 e. The average molecular weight is 471 g/mol. The van der Waals surface area contributed by atoms with E-state index in [1.165, 1.54) is 6.07 Å². The molecule has 2 aromatic carbocycles. The minimum absolute atomic E-state index is 0.0294. The molecule has 3 fully saturated rings. The number of hydrogen-bond donors (Lipinski definition) is 1. The summed E-state index contributed by atoms with van der Waals surface area (Å²) in [5.74, 6) is 1.13. The zero-order chi connectivity index (χ0) is 21.0. The van der Waals surface area contributed by atoms with Crippen molar-refractivity contribution in [3.8, 4) is 11.5 Å². The molecule has 0 spiro atoms. The maximum Gasteiger partial charge on any atom is 0.170 e. The second kappa shape index (κ2) is 7.52. The first-order valence-electron chi connectivity index (χ1n) is 10.7. The molecule has 0 heterocycles. The van der Waals surface area contributed by atoms with Crippen LogP contribution in [0.15, 0.2) is 46.6 Å². The number of aliphatic hydroxyl groups excluding tert-OH is 1. The molecular formula is C25H24BrFO3. The van der Waals surface area contributed by atoms with E-state index in [1.807, 2.05) is 13.0 Å². The molecule has 4 aliphatic carbocycles. The average Bonchev–Trinajstić information content (AvgIpc) is 3.03. The van der Waals surface area contributed by atoms with Crippen LogP contribution in [-0.2, 0) is 11.2 Å². The van der Waals surface area contributed by atoms with E-state index in [2.05, 4.69) is 15.9 Å². The molecule has 0 aliphatic heterocycles. The molecule has 0 aromatic heterocycles. The summed E-state index contributed by atoms with van der Waals surface area (Å²) in [7, 11) is 0. The summed E-state index contributed by atoms with van der Waals surface area (Å²) in [5.41, 5.74) is 2.17. The van der Waals surface area contributed by atoms with Crippen molar-refractivity contribution in [2.75, 3.05) is 0 Å². The highest BCUT2D eigenvalue weighted by Gasteiger charge is 2.54. The highest BCUT2D eigenvalue weighted by atomic mass is 79.9. The quantitative estimate of drug-likeness (QED) is 0.531. The second-order valence-corrected chi connectivity index (χ2v) is 9.62. The fourth-order valence-electron chi connectivity index (χ4n) is 5.80. The maximum absolute atomic E-state index is 14.2. The number of aryl methyl sites for hydroxylation is 1. The van der Waals surface area contributed by atoms with Crippen LogP contribution in [0.25, 0.3) is 5.57 Å². The summed E-state index contributed by atoms with van der Waals surface area (Å²) < 4.78 is 20.7. The number of carbonyl (C=O) groups is 1. The van der Waals surface area contributed by atoms with Gasteiger partial charge < -0.3 is 9.84 Å². The van der Waals surface area contributed by atoms with Gasteiger partial charge in [0.1, 0.15) is 11.5 Å². The summed E-state index contributed by atoms with van der Waals surface area (Å²) in [6.07, 6.45) is 5.11. The molecule has 0 saturated heterocycles. The molecule has 3 nitrogen and oxygen atoms in total. The molecule has 156 valence electrons. The van der Waals surface area contributed by atoms with Crippen molar-refractivity contribution in [3.05, 3.63) is 63.6 Å². The van der Waals surface area contributed by atoms with Gasteiger partial charge in [0.2, 0.25) is 0 Å². The fraction of sp³-hybridized carbons (Fsp3) is 0.400. The third kappa shape index (κ3) is 3.09. The third-order valence-corrected chi connectivity index (χ3v) is 7.69. The van der Waals surface area contributed by atoms with Gasteiger partial charge in [-0.05, 0) is 85.4 Å². The van der Waals surface area contributed by atoms with Crippen molar-refractivity contribution in [1.29, 1.82) is 0 Å². The maximum atomic E-state index is 14.2. The summed E-state index contributed by atoms with van der Waals surface area (Å²) >= 11 is 3.25. The number of Topliss-reactive ketones (excluding diaryl/α,β-unsaturated/α-hetero) is 1. The monoisotopic (exact) mass is 470 g/mol. The molecule has 1 N–H and O–H groups in total. The van der Waals surface area contributed by atoms with E-state index < -0.39 is 5.82 Å². The van der Waals surface area contributed by atoms with Crippen molar-refractivity contribution in [2.24, 2.45) is 23.7 Å². The first kappa shape index (κ1) is 19.8.